The van der Waals surface area contributed by atoms with Crippen molar-refractivity contribution in [1.82, 2.24) is 0 Å². The number of ether oxygens (including phenoxy) is 1. The van der Waals surface area contributed by atoms with Crippen molar-refractivity contribution in [3.8, 4) is 16.9 Å². The van der Waals surface area contributed by atoms with E-state index in [1.165, 1.54) is 37.3 Å². The molecule has 0 fully saturated rings. The van der Waals surface area contributed by atoms with Crippen molar-refractivity contribution in [2.75, 3.05) is 0 Å². The maximum absolute atomic E-state index is 10.9. The van der Waals surface area contributed by atoms with Crippen LogP contribution in [0.1, 0.15) is 45.6 Å². The molecule has 2 aromatic rings. The van der Waals surface area contributed by atoms with Crippen molar-refractivity contribution in [3.63, 3.8) is 0 Å². The smallest absolute Gasteiger partial charge is 0.308 e. The Morgan fingerprint density at radius 1 is 1.00 bits per heavy atom. The number of rotatable bonds is 7. The predicted molar refractivity (Wildman–Crippen MR) is 95.6 cm³/mol. The van der Waals surface area contributed by atoms with Gasteiger partial charge in [-0.15, -0.1) is 0 Å². The standard InChI is InChI=1S/C21H26O2/c1-4-16(2)6-5-7-18-8-10-19(11-9-18)20-12-14-21(15-13-20)23-17(3)22/h8-16H,4-7H2,1-3H3. The van der Waals surface area contributed by atoms with Gasteiger partial charge in [-0.1, -0.05) is 63.1 Å². The van der Waals surface area contributed by atoms with Crippen molar-refractivity contribution in [2.24, 2.45) is 5.92 Å². The Bertz CT molecular complexity index is 611. The number of carbonyl (C=O) groups is 1. The van der Waals surface area contributed by atoms with Crippen molar-refractivity contribution in [1.29, 1.82) is 0 Å². The monoisotopic (exact) mass is 310 g/mol. The molecule has 1 atom stereocenters. The van der Waals surface area contributed by atoms with Crippen LogP contribution < -0.4 is 4.74 Å². The van der Waals surface area contributed by atoms with Crippen LogP contribution in [0.25, 0.3) is 11.1 Å². The van der Waals surface area contributed by atoms with E-state index >= 15 is 0 Å². The third-order valence-electron chi connectivity index (χ3n) is 4.26. The molecule has 1 unspecified atom stereocenters. The van der Waals surface area contributed by atoms with Crippen LogP contribution in [0.15, 0.2) is 48.5 Å². The van der Waals surface area contributed by atoms with Gasteiger partial charge in [-0.3, -0.25) is 4.79 Å². The van der Waals surface area contributed by atoms with Gasteiger partial charge in [-0.25, -0.2) is 0 Å². The van der Waals surface area contributed by atoms with Crippen LogP contribution >= 0.6 is 0 Å². The minimum Gasteiger partial charge on any atom is -0.427 e. The number of aryl methyl sites for hydroxylation is 1. The zero-order valence-electron chi connectivity index (χ0n) is 14.3. The third-order valence-corrected chi connectivity index (χ3v) is 4.26. The van der Waals surface area contributed by atoms with Gasteiger partial charge in [-0.05, 0) is 47.6 Å². The molecule has 0 amide bonds. The molecule has 0 aliphatic heterocycles. The van der Waals surface area contributed by atoms with Crippen molar-refractivity contribution >= 4 is 5.97 Å². The Morgan fingerprint density at radius 2 is 1.57 bits per heavy atom. The normalized spacial score (nSPS) is 12.0. The van der Waals surface area contributed by atoms with E-state index in [2.05, 4.69) is 38.1 Å². The number of benzene rings is 2. The average Bonchev–Trinajstić information content (AvgIpc) is 2.55. The SMILES string of the molecule is CCC(C)CCCc1ccc(-c2ccc(OC(C)=O)cc2)cc1. The van der Waals surface area contributed by atoms with E-state index in [0.29, 0.717) is 5.75 Å². The quantitative estimate of drug-likeness (QED) is 0.488. The Kier molecular flexibility index (Phi) is 6.40. The Hall–Kier alpha value is -2.09. The number of carbonyl (C=O) groups excluding carboxylic acids is 1. The van der Waals surface area contributed by atoms with Crippen LogP contribution in [0.3, 0.4) is 0 Å². The molecule has 122 valence electrons. The second-order valence-corrected chi connectivity index (χ2v) is 6.22. The lowest BCUT2D eigenvalue weighted by Gasteiger charge is -2.09. The molecule has 23 heavy (non-hydrogen) atoms. The molecule has 0 aliphatic carbocycles. The topological polar surface area (TPSA) is 26.3 Å². The molecular weight excluding hydrogens is 284 g/mol. The van der Waals surface area contributed by atoms with E-state index in [0.717, 1.165) is 17.9 Å². The van der Waals surface area contributed by atoms with Gasteiger partial charge in [0.05, 0.1) is 0 Å². The average molecular weight is 310 g/mol. The molecule has 0 bridgehead atoms. The minimum absolute atomic E-state index is 0.292. The largest absolute Gasteiger partial charge is 0.427 e. The first-order chi connectivity index (χ1) is 11.1. The van der Waals surface area contributed by atoms with Gasteiger partial charge in [0, 0.05) is 6.92 Å². The summed E-state index contributed by atoms with van der Waals surface area (Å²) in [6.45, 7) is 5.99. The van der Waals surface area contributed by atoms with E-state index in [4.69, 9.17) is 4.74 Å². The molecule has 0 N–H and O–H groups in total. The van der Waals surface area contributed by atoms with Gasteiger partial charge in [0.1, 0.15) is 5.75 Å². The van der Waals surface area contributed by atoms with Crippen LogP contribution in [-0.4, -0.2) is 5.97 Å². The van der Waals surface area contributed by atoms with Gasteiger partial charge >= 0.3 is 5.97 Å². The molecule has 0 heterocycles. The molecule has 0 aliphatic rings. The Morgan fingerprint density at radius 3 is 2.09 bits per heavy atom. The second kappa shape index (κ2) is 8.52. The van der Waals surface area contributed by atoms with Crippen LogP contribution in [0.2, 0.25) is 0 Å². The minimum atomic E-state index is -0.292. The first-order valence-electron chi connectivity index (χ1n) is 8.46. The molecule has 0 radical (unpaired) electrons. The number of esters is 1. The highest BCUT2D eigenvalue weighted by Gasteiger charge is 2.02. The molecule has 2 heteroatoms. The maximum Gasteiger partial charge on any atom is 0.308 e. The highest BCUT2D eigenvalue weighted by atomic mass is 16.5. The fourth-order valence-corrected chi connectivity index (χ4v) is 2.60. The summed E-state index contributed by atoms with van der Waals surface area (Å²) < 4.78 is 5.06. The predicted octanol–water partition coefficient (Wildman–Crippen LogP) is 5.65. The van der Waals surface area contributed by atoms with Crippen LogP contribution in [0, 0.1) is 5.92 Å². The zero-order valence-corrected chi connectivity index (χ0v) is 14.3. The van der Waals surface area contributed by atoms with E-state index in [1.807, 2.05) is 24.3 Å². The summed E-state index contributed by atoms with van der Waals surface area (Å²) >= 11 is 0. The zero-order chi connectivity index (χ0) is 16.7. The van der Waals surface area contributed by atoms with Gasteiger partial charge in [-0.2, -0.15) is 0 Å². The van der Waals surface area contributed by atoms with E-state index in [-0.39, 0.29) is 5.97 Å². The lowest BCUT2D eigenvalue weighted by Crippen LogP contribution is -2.00. The summed E-state index contributed by atoms with van der Waals surface area (Å²) in [5.41, 5.74) is 3.71. The second-order valence-electron chi connectivity index (χ2n) is 6.22. The first kappa shape index (κ1) is 17.3. The lowest BCUT2D eigenvalue weighted by molar-refractivity contribution is -0.131. The molecular formula is C21H26O2. The fourth-order valence-electron chi connectivity index (χ4n) is 2.60. The van der Waals surface area contributed by atoms with Crippen LogP contribution in [-0.2, 0) is 11.2 Å². The third kappa shape index (κ3) is 5.55. The molecule has 0 saturated carbocycles. The summed E-state index contributed by atoms with van der Waals surface area (Å²) in [5, 5.41) is 0. The summed E-state index contributed by atoms with van der Waals surface area (Å²) in [4.78, 5) is 10.9. The summed E-state index contributed by atoms with van der Waals surface area (Å²) in [7, 11) is 0. The molecule has 2 aromatic carbocycles. The van der Waals surface area contributed by atoms with Crippen LogP contribution in [0.4, 0.5) is 0 Å². The molecule has 2 rings (SSSR count). The molecule has 0 saturated heterocycles. The Balaban J connectivity index is 1.95. The molecule has 2 nitrogen and oxygen atoms in total. The molecule has 0 spiro atoms. The van der Waals surface area contributed by atoms with E-state index in [9.17, 15) is 4.79 Å². The van der Waals surface area contributed by atoms with Gasteiger partial charge in [0.15, 0.2) is 0 Å². The molecule has 0 aromatic heterocycles. The lowest BCUT2D eigenvalue weighted by atomic mass is 9.98. The maximum atomic E-state index is 10.9. The van der Waals surface area contributed by atoms with Crippen LogP contribution in [0.5, 0.6) is 5.75 Å². The van der Waals surface area contributed by atoms with Crippen molar-refractivity contribution in [2.45, 2.75) is 46.5 Å². The highest BCUT2D eigenvalue weighted by Crippen LogP contribution is 2.23. The van der Waals surface area contributed by atoms with Gasteiger partial charge in [0.2, 0.25) is 0 Å². The van der Waals surface area contributed by atoms with E-state index in [1.54, 1.807) is 0 Å². The van der Waals surface area contributed by atoms with E-state index < -0.39 is 0 Å². The van der Waals surface area contributed by atoms with Crippen molar-refractivity contribution < 1.29 is 9.53 Å². The number of hydrogen-bond donors (Lipinski definition) is 0. The summed E-state index contributed by atoms with van der Waals surface area (Å²) in [6.07, 6.45) is 4.97. The number of hydrogen-bond acceptors (Lipinski definition) is 2. The van der Waals surface area contributed by atoms with Gasteiger partial charge < -0.3 is 4.74 Å². The Labute approximate surface area is 139 Å². The highest BCUT2D eigenvalue weighted by molar-refractivity contribution is 5.70. The first-order valence-corrected chi connectivity index (χ1v) is 8.46. The summed E-state index contributed by atoms with van der Waals surface area (Å²) in [6, 6.07) is 16.4. The van der Waals surface area contributed by atoms with Crippen molar-refractivity contribution in [3.05, 3.63) is 54.1 Å². The van der Waals surface area contributed by atoms with Gasteiger partial charge in [0.25, 0.3) is 0 Å². The fraction of sp³-hybridized carbons (Fsp3) is 0.381. The summed E-state index contributed by atoms with van der Waals surface area (Å²) in [5.74, 6) is 1.12.